The molecule has 2 aromatic rings. The highest BCUT2D eigenvalue weighted by Gasteiger charge is 2.39. The minimum absolute atomic E-state index is 0.154. The fourth-order valence-electron chi connectivity index (χ4n) is 3.95. The van der Waals surface area contributed by atoms with Gasteiger partial charge in [-0.05, 0) is 24.6 Å². The van der Waals surface area contributed by atoms with Crippen molar-refractivity contribution in [3.63, 3.8) is 0 Å². The van der Waals surface area contributed by atoms with Crippen molar-refractivity contribution in [3.05, 3.63) is 82.6 Å². The lowest BCUT2D eigenvalue weighted by Gasteiger charge is -2.38. The molecule has 31 heavy (non-hydrogen) atoms. The minimum Gasteiger partial charge on any atom is -0.378 e. The molecule has 0 aromatic heterocycles. The number of benzene rings is 2. The van der Waals surface area contributed by atoms with Crippen LogP contribution in [0.15, 0.2) is 59.8 Å². The first-order chi connectivity index (χ1) is 15.0. The zero-order chi connectivity index (χ0) is 22.0. The second kappa shape index (κ2) is 8.85. The Labute approximate surface area is 179 Å². The molecule has 162 valence electrons. The van der Waals surface area contributed by atoms with Crippen molar-refractivity contribution in [2.75, 3.05) is 26.3 Å². The van der Waals surface area contributed by atoms with Gasteiger partial charge in [0.05, 0.1) is 36.9 Å². The van der Waals surface area contributed by atoms with Crippen molar-refractivity contribution >= 4 is 11.9 Å². The third-order valence-corrected chi connectivity index (χ3v) is 5.60. The fourth-order valence-corrected chi connectivity index (χ4v) is 3.95. The predicted molar refractivity (Wildman–Crippen MR) is 110 cm³/mol. The number of allylic oxidation sites excluding steroid dienone is 1. The summed E-state index contributed by atoms with van der Waals surface area (Å²) in [6, 6.07) is 11.1. The van der Waals surface area contributed by atoms with E-state index in [-0.39, 0.29) is 23.6 Å². The molecule has 1 fully saturated rings. The van der Waals surface area contributed by atoms with E-state index in [1.165, 1.54) is 11.0 Å². The molecule has 0 saturated carbocycles. The van der Waals surface area contributed by atoms with E-state index in [9.17, 15) is 18.4 Å². The Morgan fingerprint density at radius 1 is 1.06 bits per heavy atom. The number of morpholine rings is 1. The first kappa shape index (κ1) is 21.0. The quantitative estimate of drug-likeness (QED) is 0.814. The molecule has 0 unspecified atom stereocenters. The average Bonchev–Trinajstić information content (AvgIpc) is 2.77. The van der Waals surface area contributed by atoms with E-state index in [2.05, 4.69) is 5.32 Å². The van der Waals surface area contributed by atoms with E-state index < -0.39 is 23.7 Å². The standard InChI is InChI=1S/C23H23F2N3O3/c1-15-19(22(29)27-10-12-31-13-11-27)21(20-17(24)8-5-9-18(20)25)26-23(30)28(15)14-16-6-3-2-4-7-16/h2-9,21H,10-14H2,1H3,(H,26,30)/t21-/m1/s1. The highest BCUT2D eigenvalue weighted by molar-refractivity contribution is 5.98. The van der Waals surface area contributed by atoms with E-state index in [1.807, 2.05) is 30.3 Å². The molecule has 1 saturated heterocycles. The van der Waals surface area contributed by atoms with E-state index in [0.29, 0.717) is 32.0 Å². The third kappa shape index (κ3) is 4.16. The molecule has 8 heteroatoms. The van der Waals surface area contributed by atoms with Gasteiger partial charge in [-0.2, -0.15) is 0 Å². The SMILES string of the molecule is CC1=C(C(=O)N2CCOCC2)[C@H](c2c(F)cccc2F)NC(=O)N1Cc1ccccc1. The Balaban J connectivity index is 1.79. The van der Waals surface area contributed by atoms with Crippen LogP contribution in [-0.4, -0.2) is 48.0 Å². The van der Waals surface area contributed by atoms with Gasteiger partial charge in [0.25, 0.3) is 5.91 Å². The molecule has 2 aliphatic heterocycles. The Kier molecular flexibility index (Phi) is 5.99. The second-order valence-electron chi connectivity index (χ2n) is 7.49. The molecule has 0 spiro atoms. The summed E-state index contributed by atoms with van der Waals surface area (Å²) >= 11 is 0. The first-order valence-corrected chi connectivity index (χ1v) is 10.1. The number of halogens is 2. The number of carbonyl (C=O) groups excluding carboxylic acids is 2. The van der Waals surface area contributed by atoms with Crippen molar-refractivity contribution in [1.29, 1.82) is 0 Å². The number of hydrogen-bond acceptors (Lipinski definition) is 3. The van der Waals surface area contributed by atoms with Gasteiger partial charge >= 0.3 is 6.03 Å². The Hall–Kier alpha value is -3.26. The number of hydrogen-bond donors (Lipinski definition) is 1. The van der Waals surface area contributed by atoms with Crippen LogP contribution in [0.3, 0.4) is 0 Å². The largest absolute Gasteiger partial charge is 0.378 e. The molecule has 4 rings (SSSR count). The molecule has 2 aromatic carbocycles. The number of nitrogens with zero attached hydrogens (tertiary/aromatic N) is 2. The number of rotatable bonds is 4. The third-order valence-electron chi connectivity index (χ3n) is 5.60. The summed E-state index contributed by atoms with van der Waals surface area (Å²) in [5.41, 5.74) is 1.05. The van der Waals surface area contributed by atoms with Crippen LogP contribution in [0.4, 0.5) is 13.6 Å². The molecule has 0 aliphatic carbocycles. The summed E-state index contributed by atoms with van der Waals surface area (Å²) in [5.74, 6) is -2.00. The summed E-state index contributed by atoms with van der Waals surface area (Å²) in [7, 11) is 0. The van der Waals surface area contributed by atoms with Crippen LogP contribution in [0.25, 0.3) is 0 Å². The van der Waals surface area contributed by atoms with Crippen LogP contribution in [-0.2, 0) is 16.1 Å². The monoisotopic (exact) mass is 427 g/mol. The number of carbonyl (C=O) groups is 2. The van der Waals surface area contributed by atoms with Crippen molar-refractivity contribution < 1.29 is 23.1 Å². The number of ether oxygens (including phenoxy) is 1. The average molecular weight is 427 g/mol. The van der Waals surface area contributed by atoms with Gasteiger partial charge in [0.2, 0.25) is 0 Å². The first-order valence-electron chi connectivity index (χ1n) is 10.1. The number of urea groups is 1. The fraction of sp³-hybridized carbons (Fsp3) is 0.304. The van der Waals surface area contributed by atoms with Gasteiger partial charge < -0.3 is 15.0 Å². The lowest BCUT2D eigenvalue weighted by atomic mass is 9.92. The van der Waals surface area contributed by atoms with Crippen LogP contribution in [0, 0.1) is 11.6 Å². The van der Waals surface area contributed by atoms with E-state index in [4.69, 9.17) is 4.74 Å². The zero-order valence-corrected chi connectivity index (χ0v) is 17.1. The van der Waals surface area contributed by atoms with Gasteiger partial charge in [-0.1, -0.05) is 36.4 Å². The van der Waals surface area contributed by atoms with Gasteiger partial charge in [-0.3, -0.25) is 9.69 Å². The van der Waals surface area contributed by atoms with Crippen molar-refractivity contribution in [2.45, 2.75) is 19.5 Å². The molecule has 1 atom stereocenters. The second-order valence-corrected chi connectivity index (χ2v) is 7.49. The minimum atomic E-state index is -1.23. The Morgan fingerprint density at radius 3 is 2.35 bits per heavy atom. The molecule has 2 aliphatic rings. The Bertz CT molecular complexity index is 1000. The highest BCUT2D eigenvalue weighted by atomic mass is 19.1. The highest BCUT2D eigenvalue weighted by Crippen LogP contribution is 2.35. The Morgan fingerprint density at radius 2 is 1.71 bits per heavy atom. The zero-order valence-electron chi connectivity index (χ0n) is 17.1. The maximum atomic E-state index is 14.6. The summed E-state index contributed by atoms with van der Waals surface area (Å²) in [5, 5.41) is 2.66. The van der Waals surface area contributed by atoms with Crippen molar-refractivity contribution in [3.8, 4) is 0 Å². The summed E-state index contributed by atoms with van der Waals surface area (Å²) in [6.45, 7) is 3.38. The van der Waals surface area contributed by atoms with Gasteiger partial charge in [0, 0.05) is 18.8 Å². The van der Waals surface area contributed by atoms with Crippen LogP contribution in [0.1, 0.15) is 24.1 Å². The molecule has 0 radical (unpaired) electrons. The molecule has 3 amide bonds. The van der Waals surface area contributed by atoms with Gasteiger partial charge in [0.1, 0.15) is 11.6 Å². The van der Waals surface area contributed by atoms with E-state index in [1.54, 1.807) is 11.8 Å². The molecular formula is C23H23F2N3O3. The van der Waals surface area contributed by atoms with Gasteiger partial charge in [-0.25, -0.2) is 13.6 Å². The summed E-state index contributed by atoms with van der Waals surface area (Å²) in [6.07, 6.45) is 0. The van der Waals surface area contributed by atoms with Crippen molar-refractivity contribution in [1.82, 2.24) is 15.1 Å². The van der Waals surface area contributed by atoms with Crippen molar-refractivity contribution in [2.24, 2.45) is 0 Å². The van der Waals surface area contributed by atoms with Gasteiger partial charge in [-0.15, -0.1) is 0 Å². The predicted octanol–water partition coefficient (Wildman–Crippen LogP) is 3.36. The van der Waals surface area contributed by atoms with E-state index in [0.717, 1.165) is 17.7 Å². The maximum Gasteiger partial charge on any atom is 0.322 e. The number of nitrogens with one attached hydrogen (secondary N) is 1. The van der Waals surface area contributed by atoms with Gasteiger partial charge in [0.15, 0.2) is 0 Å². The lowest BCUT2D eigenvalue weighted by Crippen LogP contribution is -2.51. The number of amides is 3. The maximum absolute atomic E-state index is 14.6. The van der Waals surface area contributed by atoms with Crippen LogP contribution in [0.5, 0.6) is 0 Å². The molecule has 6 nitrogen and oxygen atoms in total. The smallest absolute Gasteiger partial charge is 0.322 e. The molecule has 2 heterocycles. The molecular weight excluding hydrogens is 404 g/mol. The topological polar surface area (TPSA) is 61.9 Å². The van der Waals surface area contributed by atoms with Crippen LogP contribution >= 0.6 is 0 Å². The summed E-state index contributed by atoms with van der Waals surface area (Å²) < 4.78 is 34.6. The van der Waals surface area contributed by atoms with Crippen LogP contribution in [0.2, 0.25) is 0 Å². The molecule has 0 bridgehead atoms. The normalized spacial score (nSPS) is 19.5. The lowest BCUT2D eigenvalue weighted by molar-refractivity contribution is -0.131. The van der Waals surface area contributed by atoms with E-state index >= 15 is 0 Å². The summed E-state index contributed by atoms with van der Waals surface area (Å²) in [4.78, 5) is 29.4. The van der Waals surface area contributed by atoms with Crippen LogP contribution < -0.4 is 5.32 Å². The molecule has 1 N–H and O–H groups in total.